The van der Waals surface area contributed by atoms with Crippen molar-refractivity contribution in [3.63, 3.8) is 0 Å². The average Bonchev–Trinajstić information content (AvgIpc) is 2.06. The number of nitrogen functional groups attached to an aromatic ring is 1. The van der Waals surface area contributed by atoms with Crippen LogP contribution in [0, 0.1) is 0 Å². The molecular formula is C10H12F3NO. The van der Waals surface area contributed by atoms with Crippen molar-refractivity contribution in [2.75, 3.05) is 5.73 Å². The van der Waals surface area contributed by atoms with Gasteiger partial charge in [-0.05, 0) is 38.1 Å². The van der Waals surface area contributed by atoms with E-state index in [1.165, 1.54) is 24.3 Å². The molecule has 0 aliphatic heterocycles. The van der Waals surface area contributed by atoms with Crippen molar-refractivity contribution >= 4 is 5.69 Å². The van der Waals surface area contributed by atoms with Gasteiger partial charge in [-0.1, -0.05) is 0 Å². The fraction of sp³-hybridized carbons (Fsp3) is 0.400. The summed E-state index contributed by atoms with van der Waals surface area (Å²) in [4.78, 5) is 0. The Bertz CT molecular complexity index is 330. The number of alkyl halides is 3. The second-order valence-corrected chi connectivity index (χ2v) is 3.68. The molecule has 2 N–H and O–H groups in total. The molecule has 2 nitrogen and oxygen atoms in total. The molecule has 0 aliphatic carbocycles. The number of hydrogen-bond acceptors (Lipinski definition) is 2. The van der Waals surface area contributed by atoms with Crippen LogP contribution in [-0.4, -0.2) is 11.8 Å². The molecule has 0 saturated carbocycles. The Morgan fingerprint density at radius 3 is 1.93 bits per heavy atom. The molecule has 0 aromatic heterocycles. The molecule has 0 heterocycles. The number of benzene rings is 1. The third kappa shape index (κ3) is 2.78. The normalized spacial score (nSPS) is 12.6. The van der Waals surface area contributed by atoms with Crippen molar-refractivity contribution in [3.05, 3.63) is 24.3 Å². The van der Waals surface area contributed by atoms with Gasteiger partial charge in [-0.2, -0.15) is 13.2 Å². The molecule has 1 aromatic rings. The number of anilines is 1. The van der Waals surface area contributed by atoms with Gasteiger partial charge < -0.3 is 10.5 Å². The highest BCUT2D eigenvalue weighted by Gasteiger charge is 2.49. The van der Waals surface area contributed by atoms with Gasteiger partial charge in [-0.15, -0.1) is 0 Å². The van der Waals surface area contributed by atoms with Crippen LogP contribution in [0.1, 0.15) is 13.8 Å². The van der Waals surface area contributed by atoms with Gasteiger partial charge in [0.15, 0.2) is 5.60 Å². The summed E-state index contributed by atoms with van der Waals surface area (Å²) in [6.07, 6.45) is -4.41. The van der Waals surface area contributed by atoms with Gasteiger partial charge in [0, 0.05) is 5.69 Å². The van der Waals surface area contributed by atoms with Crippen molar-refractivity contribution in [2.24, 2.45) is 0 Å². The molecule has 0 aliphatic rings. The number of ether oxygens (including phenoxy) is 1. The molecule has 0 saturated heterocycles. The molecule has 0 spiro atoms. The molecule has 15 heavy (non-hydrogen) atoms. The van der Waals surface area contributed by atoms with E-state index in [1.807, 2.05) is 0 Å². The molecule has 0 fully saturated rings. The minimum absolute atomic E-state index is 0.145. The van der Waals surface area contributed by atoms with Crippen LogP contribution in [0.5, 0.6) is 5.75 Å². The fourth-order valence-electron chi connectivity index (χ4n) is 0.888. The molecule has 5 heteroatoms. The maximum atomic E-state index is 12.4. The van der Waals surface area contributed by atoms with Crippen LogP contribution in [0.4, 0.5) is 18.9 Å². The maximum absolute atomic E-state index is 12.4. The third-order valence-corrected chi connectivity index (χ3v) is 1.94. The first kappa shape index (κ1) is 11.7. The average molecular weight is 219 g/mol. The summed E-state index contributed by atoms with van der Waals surface area (Å²) in [5, 5.41) is 0. The molecule has 0 bridgehead atoms. The van der Waals surface area contributed by atoms with Crippen molar-refractivity contribution in [2.45, 2.75) is 25.6 Å². The fourth-order valence-corrected chi connectivity index (χ4v) is 0.888. The van der Waals surface area contributed by atoms with Gasteiger partial charge in [0.25, 0.3) is 0 Å². The predicted molar refractivity (Wildman–Crippen MR) is 51.6 cm³/mol. The summed E-state index contributed by atoms with van der Waals surface area (Å²) in [6, 6.07) is 5.79. The smallest absolute Gasteiger partial charge is 0.427 e. The molecule has 84 valence electrons. The summed E-state index contributed by atoms with van der Waals surface area (Å²) < 4.78 is 42.2. The van der Waals surface area contributed by atoms with Gasteiger partial charge in [0.1, 0.15) is 5.75 Å². The van der Waals surface area contributed by atoms with Crippen LogP contribution in [-0.2, 0) is 0 Å². The van der Waals surface area contributed by atoms with Crippen molar-refractivity contribution in [1.29, 1.82) is 0 Å². The number of nitrogens with two attached hydrogens (primary N) is 1. The highest BCUT2D eigenvalue weighted by molar-refractivity contribution is 5.41. The molecule has 1 aromatic carbocycles. The van der Waals surface area contributed by atoms with Gasteiger partial charge in [-0.25, -0.2) is 0 Å². The zero-order valence-corrected chi connectivity index (χ0v) is 8.43. The van der Waals surface area contributed by atoms with E-state index >= 15 is 0 Å². The van der Waals surface area contributed by atoms with Gasteiger partial charge >= 0.3 is 6.18 Å². The zero-order chi connectivity index (χ0) is 11.7. The van der Waals surface area contributed by atoms with Crippen LogP contribution in [0.3, 0.4) is 0 Å². The largest absolute Gasteiger partial charge is 0.478 e. The number of rotatable bonds is 2. The third-order valence-electron chi connectivity index (χ3n) is 1.94. The summed E-state index contributed by atoms with van der Waals surface area (Å²) in [5.41, 5.74) is 3.67. The van der Waals surface area contributed by atoms with Crippen LogP contribution < -0.4 is 10.5 Å². The van der Waals surface area contributed by atoms with Crippen molar-refractivity contribution in [1.82, 2.24) is 0 Å². The molecule has 1 rings (SSSR count). The second kappa shape index (κ2) is 3.64. The summed E-state index contributed by atoms with van der Waals surface area (Å²) >= 11 is 0. The second-order valence-electron chi connectivity index (χ2n) is 3.68. The summed E-state index contributed by atoms with van der Waals surface area (Å²) in [6.45, 7) is 1.95. The molecule has 0 unspecified atom stereocenters. The molecule has 0 atom stereocenters. The van der Waals surface area contributed by atoms with Crippen LogP contribution in [0.25, 0.3) is 0 Å². The first-order valence-corrected chi connectivity index (χ1v) is 4.34. The maximum Gasteiger partial charge on any atom is 0.427 e. The lowest BCUT2D eigenvalue weighted by atomic mass is 10.1. The van der Waals surface area contributed by atoms with Crippen LogP contribution >= 0.6 is 0 Å². The first-order chi connectivity index (χ1) is 6.72. The highest BCUT2D eigenvalue weighted by atomic mass is 19.4. The zero-order valence-electron chi connectivity index (χ0n) is 8.43. The standard InChI is InChI=1S/C10H12F3NO/c1-9(2,10(11,12)13)15-8-5-3-7(14)4-6-8/h3-6H,14H2,1-2H3. The lowest BCUT2D eigenvalue weighted by Gasteiger charge is -2.28. The van der Waals surface area contributed by atoms with Gasteiger partial charge in [-0.3, -0.25) is 0 Å². The van der Waals surface area contributed by atoms with E-state index in [0.717, 1.165) is 13.8 Å². The van der Waals surface area contributed by atoms with E-state index in [2.05, 4.69) is 0 Å². The lowest BCUT2D eigenvalue weighted by molar-refractivity contribution is -0.234. The molecule has 0 amide bonds. The van der Waals surface area contributed by atoms with Crippen LogP contribution in [0.2, 0.25) is 0 Å². The monoisotopic (exact) mass is 219 g/mol. The van der Waals surface area contributed by atoms with E-state index in [0.29, 0.717) is 5.69 Å². The van der Waals surface area contributed by atoms with Crippen molar-refractivity contribution in [3.8, 4) is 5.75 Å². The Balaban J connectivity index is 2.82. The lowest BCUT2D eigenvalue weighted by Crippen LogP contribution is -2.44. The topological polar surface area (TPSA) is 35.2 Å². The molecule has 0 radical (unpaired) electrons. The number of halogens is 3. The number of hydrogen-bond donors (Lipinski definition) is 1. The molecular weight excluding hydrogens is 207 g/mol. The van der Waals surface area contributed by atoms with Gasteiger partial charge in [0.05, 0.1) is 0 Å². The summed E-state index contributed by atoms with van der Waals surface area (Å²) in [7, 11) is 0. The van der Waals surface area contributed by atoms with E-state index in [-0.39, 0.29) is 5.75 Å². The minimum atomic E-state index is -4.41. The van der Waals surface area contributed by atoms with E-state index in [1.54, 1.807) is 0 Å². The van der Waals surface area contributed by atoms with Gasteiger partial charge in [0.2, 0.25) is 0 Å². The highest BCUT2D eigenvalue weighted by Crippen LogP contribution is 2.34. The van der Waals surface area contributed by atoms with Crippen LogP contribution in [0.15, 0.2) is 24.3 Å². The van der Waals surface area contributed by atoms with Crippen molar-refractivity contribution < 1.29 is 17.9 Å². The first-order valence-electron chi connectivity index (χ1n) is 4.34. The quantitative estimate of drug-likeness (QED) is 0.776. The summed E-state index contributed by atoms with van der Waals surface area (Å²) in [5.74, 6) is 0.145. The van der Waals surface area contributed by atoms with E-state index < -0.39 is 11.8 Å². The minimum Gasteiger partial charge on any atom is -0.478 e. The Labute approximate surface area is 85.8 Å². The SMILES string of the molecule is CC(C)(Oc1ccc(N)cc1)C(F)(F)F. The Morgan fingerprint density at radius 1 is 1.07 bits per heavy atom. The van der Waals surface area contributed by atoms with E-state index in [4.69, 9.17) is 10.5 Å². The Hall–Kier alpha value is -1.39. The Morgan fingerprint density at radius 2 is 1.53 bits per heavy atom. The Kier molecular flexibility index (Phi) is 2.83. The predicted octanol–water partition coefficient (Wildman–Crippen LogP) is 2.99. The van der Waals surface area contributed by atoms with E-state index in [9.17, 15) is 13.2 Å².